The Morgan fingerprint density at radius 2 is 2.33 bits per heavy atom. The van der Waals surface area contributed by atoms with Crippen molar-refractivity contribution >= 4 is 11.8 Å². The van der Waals surface area contributed by atoms with Crippen LogP contribution in [0.3, 0.4) is 0 Å². The molecule has 1 aliphatic heterocycles. The molecule has 6 nitrogen and oxygen atoms in total. The summed E-state index contributed by atoms with van der Waals surface area (Å²) in [6.07, 6.45) is 1.93. The molecule has 1 fully saturated rings. The summed E-state index contributed by atoms with van der Waals surface area (Å²) in [6.45, 7) is 1.81. The van der Waals surface area contributed by atoms with Crippen LogP contribution in [0.2, 0.25) is 0 Å². The Morgan fingerprint density at radius 1 is 1.60 bits per heavy atom. The van der Waals surface area contributed by atoms with Crippen LogP contribution in [0.5, 0.6) is 0 Å². The monoisotopic (exact) mass is 215 g/mol. The summed E-state index contributed by atoms with van der Waals surface area (Å²) in [5, 5.41) is 0. The second-order valence-electron chi connectivity index (χ2n) is 3.69. The summed E-state index contributed by atoms with van der Waals surface area (Å²) in [4.78, 5) is 24.0. The van der Waals surface area contributed by atoms with Crippen LogP contribution in [0, 0.1) is 5.92 Å². The molecule has 1 unspecified atom stereocenters. The van der Waals surface area contributed by atoms with E-state index in [-0.39, 0.29) is 0 Å². The highest BCUT2D eigenvalue weighted by molar-refractivity contribution is 6.34. The van der Waals surface area contributed by atoms with E-state index in [1.54, 1.807) is 7.11 Å². The highest BCUT2D eigenvalue weighted by atomic mass is 16.5. The van der Waals surface area contributed by atoms with E-state index in [0.29, 0.717) is 25.6 Å². The van der Waals surface area contributed by atoms with Crippen LogP contribution in [-0.2, 0) is 14.3 Å². The van der Waals surface area contributed by atoms with Crippen molar-refractivity contribution in [1.29, 1.82) is 0 Å². The number of hydrogen-bond acceptors (Lipinski definition) is 4. The number of piperidine rings is 1. The van der Waals surface area contributed by atoms with E-state index in [0.717, 1.165) is 12.8 Å². The van der Waals surface area contributed by atoms with Crippen molar-refractivity contribution in [2.75, 3.05) is 26.8 Å². The molecule has 0 aromatic rings. The smallest absolute Gasteiger partial charge is 0.323 e. The van der Waals surface area contributed by atoms with Gasteiger partial charge in [0.25, 0.3) is 0 Å². The summed E-state index contributed by atoms with van der Waals surface area (Å²) in [7, 11) is 1.63. The van der Waals surface area contributed by atoms with Gasteiger partial charge in [-0.2, -0.15) is 0 Å². The predicted molar refractivity (Wildman–Crippen MR) is 53.5 cm³/mol. The van der Waals surface area contributed by atoms with Crippen LogP contribution in [0.15, 0.2) is 0 Å². The minimum absolute atomic E-state index is 0.318. The number of hydrazine groups is 1. The van der Waals surface area contributed by atoms with Gasteiger partial charge in [-0.3, -0.25) is 15.0 Å². The number of nitrogens with one attached hydrogen (secondary N) is 1. The molecule has 1 rings (SSSR count). The number of amides is 2. The maximum absolute atomic E-state index is 11.5. The summed E-state index contributed by atoms with van der Waals surface area (Å²) in [6, 6.07) is 0. The fourth-order valence-electron chi connectivity index (χ4n) is 1.83. The number of ether oxygens (including phenoxy) is 1. The summed E-state index contributed by atoms with van der Waals surface area (Å²) >= 11 is 0. The SMILES string of the molecule is COCC1CCCN(C(=O)C(=O)NN)C1. The zero-order valence-electron chi connectivity index (χ0n) is 8.86. The minimum Gasteiger partial charge on any atom is -0.384 e. The van der Waals surface area contributed by atoms with E-state index >= 15 is 0 Å². The van der Waals surface area contributed by atoms with Crippen molar-refractivity contribution in [3.05, 3.63) is 0 Å². The molecular formula is C9H17N3O3. The quantitative estimate of drug-likeness (QED) is 0.264. The molecular weight excluding hydrogens is 198 g/mol. The number of methoxy groups -OCH3 is 1. The molecule has 86 valence electrons. The second-order valence-corrected chi connectivity index (χ2v) is 3.69. The van der Waals surface area contributed by atoms with Gasteiger partial charge in [-0.15, -0.1) is 0 Å². The zero-order chi connectivity index (χ0) is 11.3. The van der Waals surface area contributed by atoms with Gasteiger partial charge in [0.15, 0.2) is 0 Å². The van der Waals surface area contributed by atoms with E-state index in [2.05, 4.69) is 0 Å². The third-order valence-corrected chi connectivity index (χ3v) is 2.53. The Morgan fingerprint density at radius 3 is 2.93 bits per heavy atom. The number of carbonyl (C=O) groups is 2. The van der Waals surface area contributed by atoms with Crippen molar-refractivity contribution in [3.8, 4) is 0 Å². The molecule has 3 N–H and O–H groups in total. The van der Waals surface area contributed by atoms with Crippen molar-refractivity contribution in [3.63, 3.8) is 0 Å². The van der Waals surface area contributed by atoms with Crippen LogP contribution in [-0.4, -0.2) is 43.5 Å². The Kier molecular flexibility index (Phi) is 4.51. The molecule has 2 amide bonds. The maximum Gasteiger partial charge on any atom is 0.323 e. The normalized spacial score (nSPS) is 21.2. The average Bonchev–Trinajstić information content (AvgIpc) is 2.28. The molecule has 0 radical (unpaired) electrons. The Bertz CT molecular complexity index is 243. The molecule has 0 aromatic carbocycles. The number of likely N-dealkylation sites (tertiary alicyclic amines) is 1. The van der Waals surface area contributed by atoms with E-state index in [1.807, 2.05) is 5.43 Å². The minimum atomic E-state index is -0.756. The lowest BCUT2D eigenvalue weighted by molar-refractivity contribution is -0.147. The largest absolute Gasteiger partial charge is 0.384 e. The van der Waals surface area contributed by atoms with E-state index in [1.165, 1.54) is 4.90 Å². The summed E-state index contributed by atoms with van der Waals surface area (Å²) < 4.78 is 5.03. The highest BCUT2D eigenvalue weighted by Gasteiger charge is 2.27. The maximum atomic E-state index is 11.5. The van der Waals surface area contributed by atoms with Gasteiger partial charge in [-0.05, 0) is 18.8 Å². The van der Waals surface area contributed by atoms with Gasteiger partial charge >= 0.3 is 11.8 Å². The molecule has 0 aromatic heterocycles. The van der Waals surface area contributed by atoms with Gasteiger partial charge in [0.2, 0.25) is 0 Å². The van der Waals surface area contributed by atoms with Crippen LogP contribution >= 0.6 is 0 Å². The third-order valence-electron chi connectivity index (χ3n) is 2.53. The van der Waals surface area contributed by atoms with E-state index in [9.17, 15) is 9.59 Å². The van der Waals surface area contributed by atoms with Gasteiger partial charge < -0.3 is 9.64 Å². The first-order valence-corrected chi connectivity index (χ1v) is 4.97. The first kappa shape index (κ1) is 11.9. The van der Waals surface area contributed by atoms with Crippen LogP contribution in [0.4, 0.5) is 0 Å². The van der Waals surface area contributed by atoms with Crippen molar-refractivity contribution in [2.24, 2.45) is 11.8 Å². The fraction of sp³-hybridized carbons (Fsp3) is 0.778. The topological polar surface area (TPSA) is 84.7 Å². The standard InChI is InChI=1S/C9H17N3O3/c1-15-6-7-3-2-4-12(5-7)9(14)8(13)11-10/h7H,2-6,10H2,1H3,(H,11,13). The molecule has 1 aliphatic rings. The molecule has 0 bridgehead atoms. The lowest BCUT2D eigenvalue weighted by Gasteiger charge is -2.31. The Balaban J connectivity index is 2.48. The number of rotatable bonds is 2. The van der Waals surface area contributed by atoms with Gasteiger partial charge in [0.1, 0.15) is 0 Å². The number of hydrogen-bond donors (Lipinski definition) is 2. The first-order valence-electron chi connectivity index (χ1n) is 4.97. The highest BCUT2D eigenvalue weighted by Crippen LogP contribution is 2.16. The number of nitrogens with two attached hydrogens (primary N) is 1. The Hall–Kier alpha value is -1.14. The first-order chi connectivity index (χ1) is 7.19. The van der Waals surface area contributed by atoms with Crippen molar-refractivity contribution in [2.45, 2.75) is 12.8 Å². The summed E-state index contributed by atoms with van der Waals surface area (Å²) in [5.41, 5.74) is 1.85. The molecule has 0 saturated carbocycles. The number of carbonyl (C=O) groups excluding carboxylic acids is 2. The van der Waals surface area contributed by atoms with E-state index in [4.69, 9.17) is 10.6 Å². The van der Waals surface area contributed by atoms with Gasteiger partial charge in [0, 0.05) is 20.2 Å². The van der Waals surface area contributed by atoms with Gasteiger partial charge in [-0.25, -0.2) is 5.84 Å². The molecule has 0 aliphatic carbocycles. The zero-order valence-corrected chi connectivity index (χ0v) is 8.86. The van der Waals surface area contributed by atoms with Crippen LogP contribution in [0.25, 0.3) is 0 Å². The average molecular weight is 215 g/mol. The second kappa shape index (κ2) is 5.67. The third kappa shape index (κ3) is 3.17. The summed E-state index contributed by atoms with van der Waals surface area (Å²) in [5.74, 6) is 3.91. The van der Waals surface area contributed by atoms with Gasteiger partial charge in [-0.1, -0.05) is 0 Å². The van der Waals surface area contributed by atoms with Gasteiger partial charge in [0.05, 0.1) is 6.61 Å². The molecule has 15 heavy (non-hydrogen) atoms. The van der Waals surface area contributed by atoms with Crippen molar-refractivity contribution in [1.82, 2.24) is 10.3 Å². The van der Waals surface area contributed by atoms with E-state index < -0.39 is 11.8 Å². The Labute approximate surface area is 88.7 Å². The lowest BCUT2D eigenvalue weighted by atomic mass is 9.99. The molecule has 1 saturated heterocycles. The number of nitrogens with zero attached hydrogens (tertiary/aromatic N) is 1. The molecule has 6 heteroatoms. The predicted octanol–water partition coefficient (Wildman–Crippen LogP) is -1.14. The van der Waals surface area contributed by atoms with Crippen LogP contribution < -0.4 is 11.3 Å². The molecule has 1 atom stereocenters. The van der Waals surface area contributed by atoms with Crippen molar-refractivity contribution < 1.29 is 14.3 Å². The fourth-order valence-corrected chi connectivity index (χ4v) is 1.83. The molecule has 0 spiro atoms. The lowest BCUT2D eigenvalue weighted by Crippen LogP contribution is -2.49. The van der Waals surface area contributed by atoms with Crippen LogP contribution in [0.1, 0.15) is 12.8 Å². The molecule has 1 heterocycles.